The summed E-state index contributed by atoms with van der Waals surface area (Å²) in [6.07, 6.45) is 0.835. The van der Waals surface area contributed by atoms with Gasteiger partial charge in [0.1, 0.15) is 16.8 Å². The Kier molecular flexibility index (Phi) is 1.35. The lowest BCUT2D eigenvalue weighted by Crippen LogP contribution is -1.99. The molecule has 0 bridgehead atoms. The zero-order valence-corrected chi connectivity index (χ0v) is 7.75. The summed E-state index contributed by atoms with van der Waals surface area (Å²) in [6, 6.07) is 7.83. The van der Waals surface area contributed by atoms with Gasteiger partial charge in [-0.1, -0.05) is 12.1 Å². The maximum atomic E-state index is 11.6. The van der Waals surface area contributed by atoms with Crippen molar-refractivity contribution in [2.45, 2.75) is 6.42 Å². The fourth-order valence-corrected chi connectivity index (χ4v) is 2.99. The van der Waals surface area contributed by atoms with E-state index in [1.54, 1.807) is 0 Å². The van der Waals surface area contributed by atoms with Crippen molar-refractivity contribution in [1.29, 1.82) is 0 Å². The number of imidazole rings is 1. The molecule has 2 aromatic rings. The van der Waals surface area contributed by atoms with E-state index in [0.717, 1.165) is 23.3 Å². The molecule has 2 heterocycles. The molecule has 0 aliphatic carbocycles. The number of nitrogens with zero attached hydrogens (tertiary/aromatic N) is 2. The molecule has 0 unspecified atom stereocenters. The molecular formula is C9H8N2OS. The Balaban J connectivity index is 2.46. The van der Waals surface area contributed by atoms with Crippen LogP contribution in [0.15, 0.2) is 24.3 Å². The lowest BCUT2D eigenvalue weighted by atomic mass is 10.3. The van der Waals surface area contributed by atoms with Crippen LogP contribution in [0.1, 0.15) is 5.82 Å². The molecule has 1 aromatic carbocycles. The maximum absolute atomic E-state index is 11.6. The Morgan fingerprint density at radius 2 is 2.23 bits per heavy atom. The number of hydrogen-bond acceptors (Lipinski definition) is 2. The highest BCUT2D eigenvalue weighted by Crippen LogP contribution is 2.21. The van der Waals surface area contributed by atoms with Crippen molar-refractivity contribution in [2.75, 3.05) is 5.75 Å². The van der Waals surface area contributed by atoms with Crippen molar-refractivity contribution in [2.24, 2.45) is 0 Å². The highest BCUT2D eigenvalue weighted by atomic mass is 32.2. The largest absolute Gasteiger partial charge is 0.245 e. The monoisotopic (exact) mass is 192 g/mol. The minimum Gasteiger partial charge on any atom is -0.245 e. The molecule has 13 heavy (non-hydrogen) atoms. The third kappa shape index (κ3) is 0.891. The van der Waals surface area contributed by atoms with Gasteiger partial charge in [0, 0.05) is 6.42 Å². The van der Waals surface area contributed by atoms with E-state index in [1.165, 1.54) is 0 Å². The average molecular weight is 192 g/mol. The second-order valence-corrected chi connectivity index (χ2v) is 4.50. The molecule has 0 amide bonds. The normalized spacial score (nSPS) is 20.8. The summed E-state index contributed by atoms with van der Waals surface area (Å²) in [5.41, 5.74) is 1.94. The number of rotatable bonds is 0. The second-order valence-electron chi connectivity index (χ2n) is 3.09. The quantitative estimate of drug-likeness (QED) is 0.626. The topological polar surface area (TPSA) is 34.9 Å². The zero-order chi connectivity index (χ0) is 8.84. The molecule has 0 spiro atoms. The molecule has 0 fully saturated rings. The van der Waals surface area contributed by atoms with Crippen LogP contribution in [0.2, 0.25) is 0 Å². The molecule has 0 N–H and O–H groups in total. The molecule has 0 saturated carbocycles. The summed E-state index contributed by atoms with van der Waals surface area (Å²) in [5, 5.41) is 0. The average Bonchev–Trinajstić information content (AvgIpc) is 2.66. The molecular weight excluding hydrogens is 184 g/mol. The first-order valence-corrected chi connectivity index (χ1v) is 5.49. The summed E-state index contributed by atoms with van der Waals surface area (Å²) >= 11 is 0. The van der Waals surface area contributed by atoms with Crippen LogP contribution in [0.5, 0.6) is 0 Å². The van der Waals surface area contributed by atoms with Gasteiger partial charge in [0.25, 0.3) is 0 Å². The Bertz CT molecular complexity index is 503. The number of fused-ring (bicyclic) bond motifs is 3. The van der Waals surface area contributed by atoms with Crippen LogP contribution >= 0.6 is 0 Å². The molecule has 3 nitrogen and oxygen atoms in total. The summed E-state index contributed by atoms with van der Waals surface area (Å²) in [5.74, 6) is 1.67. The molecule has 66 valence electrons. The highest BCUT2D eigenvalue weighted by molar-refractivity contribution is 7.83. The predicted octanol–water partition coefficient (Wildman–Crippen LogP) is 1.10. The Hall–Kier alpha value is -1.16. The fraction of sp³-hybridized carbons (Fsp3) is 0.222. The van der Waals surface area contributed by atoms with Crippen LogP contribution in [0.3, 0.4) is 0 Å². The Morgan fingerprint density at radius 3 is 3.15 bits per heavy atom. The lowest BCUT2D eigenvalue weighted by Gasteiger charge is -1.95. The molecule has 0 saturated heterocycles. The number of para-hydroxylation sites is 2. The van der Waals surface area contributed by atoms with E-state index in [4.69, 9.17) is 0 Å². The van der Waals surface area contributed by atoms with E-state index in [0.29, 0.717) is 5.75 Å². The fourth-order valence-electron chi connectivity index (χ4n) is 1.71. The van der Waals surface area contributed by atoms with E-state index in [2.05, 4.69) is 4.98 Å². The van der Waals surface area contributed by atoms with Gasteiger partial charge in [-0.05, 0) is 12.1 Å². The van der Waals surface area contributed by atoms with Crippen LogP contribution in [0.4, 0.5) is 0 Å². The van der Waals surface area contributed by atoms with Gasteiger partial charge in [0.05, 0.1) is 16.8 Å². The van der Waals surface area contributed by atoms with Crippen molar-refractivity contribution in [3.63, 3.8) is 0 Å². The Labute approximate surface area is 78.0 Å². The number of benzene rings is 1. The van der Waals surface area contributed by atoms with E-state index in [-0.39, 0.29) is 0 Å². The molecule has 1 atom stereocenters. The molecule has 1 aromatic heterocycles. The van der Waals surface area contributed by atoms with E-state index < -0.39 is 11.0 Å². The molecule has 4 heteroatoms. The third-order valence-electron chi connectivity index (χ3n) is 2.29. The number of aryl methyl sites for hydroxylation is 1. The predicted molar refractivity (Wildman–Crippen MR) is 51.8 cm³/mol. The minimum atomic E-state index is -0.887. The van der Waals surface area contributed by atoms with Crippen molar-refractivity contribution in [1.82, 2.24) is 8.96 Å². The molecule has 3 rings (SSSR count). The standard InChI is InChI=1S/C9H8N2OS/c12-13-6-5-9-10-7-3-1-2-4-8(7)11(9)13/h1-4H,5-6H2/t13-/m1/s1. The first-order valence-electron chi connectivity index (χ1n) is 4.21. The van der Waals surface area contributed by atoms with Crippen molar-refractivity contribution >= 4 is 22.0 Å². The summed E-state index contributed by atoms with van der Waals surface area (Å²) < 4.78 is 13.4. The number of hydrogen-bond donors (Lipinski definition) is 0. The van der Waals surface area contributed by atoms with E-state index in [1.807, 2.05) is 28.2 Å². The number of aromatic nitrogens is 2. The molecule has 1 aliphatic rings. The van der Waals surface area contributed by atoms with Gasteiger partial charge >= 0.3 is 0 Å². The molecule has 1 aliphatic heterocycles. The van der Waals surface area contributed by atoms with Gasteiger partial charge in [0.2, 0.25) is 0 Å². The smallest absolute Gasteiger partial charge is 0.125 e. The summed E-state index contributed by atoms with van der Waals surface area (Å²) in [4.78, 5) is 4.41. The molecule has 0 radical (unpaired) electrons. The Morgan fingerprint density at radius 1 is 1.38 bits per heavy atom. The maximum Gasteiger partial charge on any atom is 0.125 e. The van der Waals surface area contributed by atoms with Gasteiger partial charge in [0.15, 0.2) is 0 Å². The van der Waals surface area contributed by atoms with Gasteiger partial charge < -0.3 is 0 Å². The second kappa shape index (κ2) is 2.42. The third-order valence-corrected chi connectivity index (χ3v) is 3.66. The summed E-state index contributed by atoms with van der Waals surface area (Å²) in [6.45, 7) is 0. The van der Waals surface area contributed by atoms with Crippen LogP contribution in [-0.2, 0) is 17.4 Å². The van der Waals surface area contributed by atoms with Gasteiger partial charge in [-0.3, -0.25) is 0 Å². The van der Waals surface area contributed by atoms with Gasteiger partial charge in [-0.25, -0.2) is 13.2 Å². The first-order chi connectivity index (χ1) is 6.36. The van der Waals surface area contributed by atoms with E-state index >= 15 is 0 Å². The van der Waals surface area contributed by atoms with Gasteiger partial charge in [-0.15, -0.1) is 0 Å². The van der Waals surface area contributed by atoms with Crippen LogP contribution in [0.25, 0.3) is 11.0 Å². The minimum absolute atomic E-state index is 0.715. The van der Waals surface area contributed by atoms with Crippen molar-refractivity contribution in [3.8, 4) is 0 Å². The lowest BCUT2D eigenvalue weighted by molar-refractivity contribution is 0.682. The SMILES string of the molecule is O=[S@@]1CCc2nc3ccccc3n21. The first kappa shape index (κ1) is 7.26. The van der Waals surface area contributed by atoms with Crippen LogP contribution < -0.4 is 0 Å². The highest BCUT2D eigenvalue weighted by Gasteiger charge is 2.21. The van der Waals surface area contributed by atoms with Crippen molar-refractivity contribution in [3.05, 3.63) is 30.1 Å². The zero-order valence-electron chi connectivity index (χ0n) is 6.93. The van der Waals surface area contributed by atoms with Crippen molar-refractivity contribution < 1.29 is 4.21 Å². The van der Waals surface area contributed by atoms with Crippen LogP contribution in [-0.4, -0.2) is 18.9 Å². The van der Waals surface area contributed by atoms with Gasteiger partial charge in [-0.2, -0.15) is 0 Å². The summed E-state index contributed by atoms with van der Waals surface area (Å²) in [7, 11) is -0.887. The van der Waals surface area contributed by atoms with Crippen LogP contribution in [0, 0.1) is 0 Å². The van der Waals surface area contributed by atoms with E-state index in [9.17, 15) is 4.21 Å².